The Kier molecular flexibility index (Phi) is 35.3. The molecule has 0 aromatic carbocycles. The van der Waals surface area contributed by atoms with Gasteiger partial charge in [-0.15, -0.1) is 0 Å². The zero-order valence-electron chi connectivity index (χ0n) is 31.8. The van der Waals surface area contributed by atoms with Gasteiger partial charge in [-0.1, -0.05) is 146 Å². The highest BCUT2D eigenvalue weighted by molar-refractivity contribution is 7.46. The van der Waals surface area contributed by atoms with Crippen molar-refractivity contribution >= 4 is 19.8 Å². The standard InChI is InChI=1S/C41H73O8P/c1-3-5-7-9-11-13-15-17-19-20-22-24-26-28-30-32-34-36-41(43)49-39(38-48-50(44,45)46)37-47-40(42)35-33-31-29-27-25-23-21-18-16-14-12-10-8-6-4-2/h17,19,22,24-25,27-28,30,39H,3-16,18,20-21,23,26,29,31-38H2,1-2H3,(H2,44,45,46)/b19-17+,24-22+,27-25+,30-28+/t39-/m1/s1. The molecule has 290 valence electrons. The van der Waals surface area contributed by atoms with Gasteiger partial charge in [-0.2, -0.15) is 0 Å². The molecule has 1 atom stereocenters. The second-order valence-electron chi connectivity index (χ2n) is 13.2. The minimum absolute atomic E-state index is 0.135. The number of esters is 2. The fourth-order valence-corrected chi connectivity index (χ4v) is 5.68. The molecule has 0 rings (SSSR count). The Morgan fingerprint density at radius 3 is 1.42 bits per heavy atom. The van der Waals surface area contributed by atoms with Gasteiger partial charge in [-0.25, -0.2) is 4.57 Å². The fraction of sp³-hybridized carbons (Fsp3) is 0.756. The first-order valence-electron chi connectivity index (χ1n) is 19.9. The van der Waals surface area contributed by atoms with Crippen LogP contribution in [0.2, 0.25) is 0 Å². The fourth-order valence-electron chi connectivity index (χ4n) is 5.32. The van der Waals surface area contributed by atoms with Crippen LogP contribution in [0.3, 0.4) is 0 Å². The van der Waals surface area contributed by atoms with Crippen LogP contribution in [0.4, 0.5) is 0 Å². The van der Waals surface area contributed by atoms with Crippen LogP contribution in [0.25, 0.3) is 0 Å². The van der Waals surface area contributed by atoms with E-state index in [0.717, 1.165) is 38.5 Å². The predicted molar refractivity (Wildman–Crippen MR) is 207 cm³/mol. The molecular formula is C41H73O8P. The molecule has 0 aliphatic carbocycles. The maximum Gasteiger partial charge on any atom is 0.469 e. The number of phosphoric ester groups is 1. The summed E-state index contributed by atoms with van der Waals surface area (Å²) in [6.45, 7) is 3.61. The molecular weight excluding hydrogens is 651 g/mol. The van der Waals surface area contributed by atoms with Crippen molar-refractivity contribution in [3.8, 4) is 0 Å². The predicted octanol–water partition coefficient (Wildman–Crippen LogP) is 12.0. The molecule has 0 saturated carbocycles. The van der Waals surface area contributed by atoms with Crippen molar-refractivity contribution in [3.63, 3.8) is 0 Å². The van der Waals surface area contributed by atoms with Crippen LogP contribution < -0.4 is 0 Å². The first-order valence-corrected chi connectivity index (χ1v) is 21.5. The number of ether oxygens (including phenoxy) is 2. The van der Waals surface area contributed by atoms with Gasteiger partial charge in [0.2, 0.25) is 0 Å². The van der Waals surface area contributed by atoms with E-state index in [0.29, 0.717) is 19.3 Å². The zero-order valence-corrected chi connectivity index (χ0v) is 32.7. The molecule has 0 unspecified atom stereocenters. The van der Waals surface area contributed by atoms with E-state index in [4.69, 9.17) is 19.3 Å². The van der Waals surface area contributed by atoms with E-state index in [2.05, 4.69) is 60.9 Å². The van der Waals surface area contributed by atoms with Gasteiger partial charge in [0.15, 0.2) is 6.10 Å². The molecule has 0 spiro atoms. The number of carbonyl (C=O) groups excluding carboxylic acids is 2. The average Bonchev–Trinajstić information content (AvgIpc) is 3.08. The minimum atomic E-state index is -4.77. The molecule has 0 aliphatic heterocycles. The Morgan fingerprint density at radius 2 is 0.920 bits per heavy atom. The summed E-state index contributed by atoms with van der Waals surface area (Å²) >= 11 is 0. The van der Waals surface area contributed by atoms with Crippen LogP contribution in [0.1, 0.15) is 181 Å². The third-order valence-electron chi connectivity index (χ3n) is 8.32. The summed E-state index contributed by atoms with van der Waals surface area (Å²) in [5, 5.41) is 0. The lowest BCUT2D eigenvalue weighted by atomic mass is 10.1. The highest BCUT2D eigenvalue weighted by atomic mass is 31.2. The maximum atomic E-state index is 12.4. The Labute approximate surface area is 305 Å². The first kappa shape index (κ1) is 48.0. The highest BCUT2D eigenvalue weighted by Gasteiger charge is 2.22. The van der Waals surface area contributed by atoms with E-state index >= 15 is 0 Å². The molecule has 0 aromatic heterocycles. The number of phosphoric acid groups is 1. The Bertz CT molecular complexity index is 952. The molecule has 0 aromatic rings. The summed E-state index contributed by atoms with van der Waals surface area (Å²) in [4.78, 5) is 42.7. The molecule has 0 saturated heterocycles. The number of hydrogen-bond donors (Lipinski definition) is 2. The van der Waals surface area contributed by atoms with E-state index < -0.39 is 32.5 Å². The van der Waals surface area contributed by atoms with Gasteiger partial charge in [-0.05, 0) is 70.6 Å². The third kappa shape index (κ3) is 38.8. The summed E-state index contributed by atoms with van der Waals surface area (Å²) in [6, 6.07) is 0. The van der Waals surface area contributed by atoms with Crippen molar-refractivity contribution in [2.75, 3.05) is 13.2 Å². The van der Waals surface area contributed by atoms with Crippen molar-refractivity contribution in [3.05, 3.63) is 48.6 Å². The molecule has 2 N–H and O–H groups in total. The third-order valence-corrected chi connectivity index (χ3v) is 8.81. The lowest BCUT2D eigenvalue weighted by molar-refractivity contribution is -0.161. The van der Waals surface area contributed by atoms with Crippen molar-refractivity contribution < 1.29 is 37.9 Å². The molecule has 0 fully saturated rings. The van der Waals surface area contributed by atoms with E-state index in [1.807, 2.05) is 6.08 Å². The van der Waals surface area contributed by atoms with E-state index in [1.54, 1.807) is 0 Å². The van der Waals surface area contributed by atoms with Gasteiger partial charge in [0.05, 0.1) is 6.61 Å². The molecule has 0 amide bonds. The monoisotopic (exact) mass is 725 g/mol. The van der Waals surface area contributed by atoms with Gasteiger partial charge in [0.25, 0.3) is 0 Å². The smallest absolute Gasteiger partial charge is 0.462 e. The van der Waals surface area contributed by atoms with Gasteiger partial charge in [0.1, 0.15) is 6.61 Å². The minimum Gasteiger partial charge on any atom is -0.462 e. The summed E-state index contributed by atoms with van der Waals surface area (Å²) < 4.78 is 26.3. The molecule has 0 bridgehead atoms. The van der Waals surface area contributed by atoms with Crippen molar-refractivity contribution in [1.29, 1.82) is 0 Å². The number of hydrogen-bond acceptors (Lipinski definition) is 6. The van der Waals surface area contributed by atoms with Crippen LogP contribution in [0.5, 0.6) is 0 Å². The quantitative estimate of drug-likeness (QED) is 0.0284. The molecule has 8 nitrogen and oxygen atoms in total. The van der Waals surface area contributed by atoms with E-state index in [9.17, 15) is 14.2 Å². The van der Waals surface area contributed by atoms with Crippen molar-refractivity contribution in [1.82, 2.24) is 0 Å². The Balaban J connectivity index is 4.07. The molecule has 0 heterocycles. The topological polar surface area (TPSA) is 119 Å². The Morgan fingerprint density at radius 1 is 0.520 bits per heavy atom. The second-order valence-corrected chi connectivity index (χ2v) is 14.5. The van der Waals surface area contributed by atoms with Gasteiger partial charge in [-0.3, -0.25) is 14.1 Å². The number of carbonyl (C=O) groups is 2. The van der Waals surface area contributed by atoms with Crippen LogP contribution in [-0.2, 0) is 28.2 Å². The van der Waals surface area contributed by atoms with Crippen molar-refractivity contribution in [2.24, 2.45) is 0 Å². The van der Waals surface area contributed by atoms with Gasteiger partial charge in [0, 0.05) is 12.8 Å². The van der Waals surface area contributed by atoms with Gasteiger partial charge >= 0.3 is 19.8 Å². The largest absolute Gasteiger partial charge is 0.469 e. The maximum absolute atomic E-state index is 12.4. The molecule has 9 heteroatoms. The van der Waals surface area contributed by atoms with Gasteiger partial charge < -0.3 is 19.3 Å². The second kappa shape index (κ2) is 36.8. The molecule has 0 radical (unpaired) electrons. The molecule has 0 aliphatic rings. The SMILES string of the molecule is CCCCCCCC/C=C/C/C=C/C/C=C/CCCC(=O)O[C@H](COC(=O)CCCC/C=C/CCCCCCCCCCC)COP(=O)(O)O. The van der Waals surface area contributed by atoms with Crippen LogP contribution in [0, 0.1) is 0 Å². The number of rotatable bonds is 36. The number of unbranched alkanes of at least 4 members (excludes halogenated alkanes) is 18. The normalized spacial score (nSPS) is 13.0. The molecule has 50 heavy (non-hydrogen) atoms. The average molecular weight is 725 g/mol. The zero-order chi connectivity index (χ0) is 36.8. The highest BCUT2D eigenvalue weighted by Crippen LogP contribution is 2.36. The van der Waals surface area contributed by atoms with Crippen LogP contribution >= 0.6 is 7.82 Å². The number of allylic oxidation sites excluding steroid dienone is 8. The summed E-state index contributed by atoms with van der Waals surface area (Å²) in [5.41, 5.74) is 0. The summed E-state index contributed by atoms with van der Waals surface area (Å²) in [7, 11) is -4.77. The van der Waals surface area contributed by atoms with E-state index in [1.165, 1.54) is 96.3 Å². The first-order chi connectivity index (χ1) is 24.3. The lowest BCUT2D eigenvalue weighted by Gasteiger charge is -2.18. The Hall–Kier alpha value is -1.99. The summed E-state index contributed by atoms with van der Waals surface area (Å²) in [5.74, 6) is -0.972. The van der Waals surface area contributed by atoms with E-state index in [-0.39, 0.29) is 19.4 Å². The summed E-state index contributed by atoms with van der Waals surface area (Å²) in [6.07, 6.45) is 44.1. The lowest BCUT2D eigenvalue weighted by Crippen LogP contribution is -2.29. The van der Waals surface area contributed by atoms with Crippen LogP contribution in [0.15, 0.2) is 48.6 Å². The van der Waals surface area contributed by atoms with Crippen LogP contribution in [-0.4, -0.2) is 41.0 Å². The van der Waals surface area contributed by atoms with Crippen molar-refractivity contribution in [2.45, 2.75) is 187 Å².